The number of hydrogen-bond acceptors (Lipinski definition) is 6. The Kier molecular flexibility index (Phi) is 4.12. The number of hydrogen-bond donors (Lipinski definition) is 3. The van der Waals surface area contributed by atoms with E-state index in [0.717, 1.165) is 12.0 Å². The van der Waals surface area contributed by atoms with Crippen molar-refractivity contribution in [2.24, 2.45) is 4.99 Å². The van der Waals surface area contributed by atoms with Crippen LogP contribution in [0.4, 0.5) is 0 Å². The number of aryl methyl sites for hydroxylation is 1. The van der Waals surface area contributed by atoms with Gasteiger partial charge < -0.3 is 9.52 Å². The number of aliphatic imine (C=N–C) groups is 1. The van der Waals surface area contributed by atoms with Crippen molar-refractivity contribution in [3.05, 3.63) is 69.8 Å². The molecule has 0 bridgehead atoms. The molecule has 1 aromatic heterocycles. The average Bonchev–Trinajstić information content (AvgIpc) is 2.50. The zero-order valence-electron chi connectivity index (χ0n) is 14.5. The number of nitrogens with zero attached hydrogens (tertiary/aromatic N) is 1. The van der Waals surface area contributed by atoms with E-state index in [1.54, 1.807) is 6.92 Å². The Bertz CT molecular complexity index is 926. The number of benzene rings is 1. The van der Waals surface area contributed by atoms with E-state index in [-0.39, 0.29) is 22.5 Å². The van der Waals surface area contributed by atoms with Crippen molar-refractivity contribution in [1.29, 1.82) is 0 Å². The van der Waals surface area contributed by atoms with Gasteiger partial charge in [-0.3, -0.25) is 15.8 Å². The van der Waals surface area contributed by atoms with Gasteiger partial charge in [-0.2, -0.15) is 0 Å². The van der Waals surface area contributed by atoms with Crippen LogP contribution in [0.2, 0.25) is 0 Å². The Hall–Kier alpha value is -3.02. The zero-order valence-corrected chi connectivity index (χ0v) is 14.5. The lowest BCUT2D eigenvalue weighted by Crippen LogP contribution is -2.42. The molecule has 3 N–H and O–H groups in total. The maximum atomic E-state index is 12.0. The van der Waals surface area contributed by atoms with Gasteiger partial charge in [-0.1, -0.05) is 30.8 Å². The minimum atomic E-state index is -0.650. The molecule has 0 unspecified atom stereocenters. The van der Waals surface area contributed by atoms with Crippen LogP contribution in [0, 0.1) is 6.92 Å². The first-order chi connectivity index (χ1) is 11.8. The lowest BCUT2D eigenvalue weighted by molar-refractivity contribution is 0.430. The Morgan fingerprint density at radius 2 is 2.08 bits per heavy atom. The molecule has 0 atom stereocenters. The summed E-state index contributed by atoms with van der Waals surface area (Å²) in [6.45, 7) is 9.51. The molecule has 25 heavy (non-hydrogen) atoms. The van der Waals surface area contributed by atoms with Gasteiger partial charge >= 0.3 is 5.63 Å². The monoisotopic (exact) mass is 339 g/mol. The number of rotatable bonds is 3. The van der Waals surface area contributed by atoms with Crippen LogP contribution in [-0.2, 0) is 6.42 Å². The molecule has 0 saturated carbocycles. The van der Waals surface area contributed by atoms with Crippen LogP contribution in [0.5, 0.6) is 5.75 Å². The van der Waals surface area contributed by atoms with Gasteiger partial charge in [0.1, 0.15) is 22.9 Å². The molecule has 2 heterocycles. The minimum absolute atomic E-state index is 0.0120. The average molecular weight is 339 g/mol. The number of nitrogens with one attached hydrogen (secondary N) is 2. The molecular weight excluding hydrogens is 318 g/mol. The fourth-order valence-corrected chi connectivity index (χ4v) is 2.94. The van der Waals surface area contributed by atoms with Crippen LogP contribution >= 0.6 is 0 Å². The van der Waals surface area contributed by atoms with Crippen LogP contribution < -0.4 is 16.5 Å². The van der Waals surface area contributed by atoms with E-state index in [9.17, 15) is 9.90 Å². The van der Waals surface area contributed by atoms with Crippen LogP contribution in [0.15, 0.2) is 51.1 Å². The fraction of sp³-hybridized carbons (Fsp3) is 0.263. The van der Waals surface area contributed by atoms with Crippen molar-refractivity contribution < 1.29 is 9.52 Å². The minimum Gasteiger partial charge on any atom is -0.507 e. The summed E-state index contributed by atoms with van der Waals surface area (Å²) < 4.78 is 5.02. The summed E-state index contributed by atoms with van der Waals surface area (Å²) in [5, 5.41) is 10.0. The van der Waals surface area contributed by atoms with E-state index >= 15 is 0 Å². The summed E-state index contributed by atoms with van der Waals surface area (Å²) in [7, 11) is 0. The molecule has 0 radical (unpaired) electrons. The third-order valence-electron chi connectivity index (χ3n) is 4.00. The normalized spacial score (nSPS) is 15.1. The molecule has 2 aromatic rings. The first kappa shape index (κ1) is 16.8. The summed E-state index contributed by atoms with van der Waals surface area (Å²) in [5.41, 5.74) is 7.34. The summed E-state index contributed by atoms with van der Waals surface area (Å²) in [4.78, 5) is 16.7. The smallest absolute Gasteiger partial charge is 0.349 e. The molecular formula is C19H21N3O3. The maximum Gasteiger partial charge on any atom is 0.349 e. The van der Waals surface area contributed by atoms with Crippen LogP contribution in [0.3, 0.4) is 0 Å². The van der Waals surface area contributed by atoms with E-state index < -0.39 is 5.63 Å². The van der Waals surface area contributed by atoms with Crippen LogP contribution in [-0.4, -0.2) is 16.5 Å². The SMILES string of the molecule is C=C(NNC1=NC(C)(C)Cc2ccccc21)c1c(O)cc(C)oc1=O. The second-order valence-corrected chi connectivity index (χ2v) is 6.74. The second-order valence-electron chi connectivity index (χ2n) is 6.74. The van der Waals surface area contributed by atoms with Crippen molar-refractivity contribution in [1.82, 2.24) is 10.9 Å². The Labute approximate surface area is 145 Å². The third kappa shape index (κ3) is 3.42. The zero-order chi connectivity index (χ0) is 18.2. The predicted octanol–water partition coefficient (Wildman–Crippen LogP) is 2.50. The lowest BCUT2D eigenvalue weighted by atomic mass is 9.89. The number of amidine groups is 1. The van der Waals surface area contributed by atoms with E-state index in [1.165, 1.54) is 11.6 Å². The van der Waals surface area contributed by atoms with Crippen molar-refractivity contribution in [3.8, 4) is 5.75 Å². The highest BCUT2D eigenvalue weighted by Gasteiger charge is 2.26. The molecule has 130 valence electrons. The number of aromatic hydroxyl groups is 1. The molecule has 1 aliphatic rings. The molecule has 6 heteroatoms. The largest absolute Gasteiger partial charge is 0.507 e. The van der Waals surface area contributed by atoms with Gasteiger partial charge in [0.15, 0.2) is 0 Å². The Morgan fingerprint density at radius 3 is 2.80 bits per heavy atom. The molecule has 6 nitrogen and oxygen atoms in total. The van der Waals surface area contributed by atoms with E-state index in [2.05, 4.69) is 37.3 Å². The first-order valence-corrected chi connectivity index (χ1v) is 8.00. The van der Waals surface area contributed by atoms with Gasteiger partial charge in [0.25, 0.3) is 0 Å². The highest BCUT2D eigenvalue weighted by Crippen LogP contribution is 2.26. The van der Waals surface area contributed by atoms with Crippen molar-refractivity contribution in [2.75, 3.05) is 0 Å². The summed E-state index contributed by atoms with van der Waals surface area (Å²) >= 11 is 0. The standard InChI is InChI=1S/C19H21N3O3/c1-11-9-15(23)16(18(24)25-11)12(2)21-22-17-14-8-6-5-7-13(14)10-19(3,4)20-17/h5-9,21,23H,2,10H2,1,3-4H3,(H,20,22). The lowest BCUT2D eigenvalue weighted by Gasteiger charge is -2.29. The second kappa shape index (κ2) is 6.12. The van der Waals surface area contributed by atoms with E-state index in [4.69, 9.17) is 9.41 Å². The fourth-order valence-electron chi connectivity index (χ4n) is 2.94. The molecule has 0 spiro atoms. The molecule has 0 aliphatic carbocycles. The van der Waals surface area contributed by atoms with Gasteiger partial charge in [-0.15, -0.1) is 0 Å². The maximum absolute atomic E-state index is 12.0. The van der Waals surface area contributed by atoms with Crippen LogP contribution in [0.25, 0.3) is 5.70 Å². The van der Waals surface area contributed by atoms with Gasteiger partial charge in [0.2, 0.25) is 0 Å². The van der Waals surface area contributed by atoms with Crippen molar-refractivity contribution in [2.45, 2.75) is 32.7 Å². The van der Waals surface area contributed by atoms with Gasteiger partial charge in [-0.05, 0) is 32.8 Å². The topological polar surface area (TPSA) is 86.9 Å². The van der Waals surface area contributed by atoms with Gasteiger partial charge in [0, 0.05) is 11.6 Å². The molecule has 0 amide bonds. The molecule has 0 saturated heterocycles. The Balaban J connectivity index is 1.85. The van der Waals surface area contributed by atoms with E-state index in [0.29, 0.717) is 11.6 Å². The third-order valence-corrected chi connectivity index (χ3v) is 4.00. The first-order valence-electron chi connectivity index (χ1n) is 8.00. The van der Waals surface area contributed by atoms with Gasteiger partial charge in [-0.25, -0.2) is 4.79 Å². The Morgan fingerprint density at radius 1 is 1.36 bits per heavy atom. The quantitative estimate of drug-likeness (QED) is 0.748. The molecule has 0 fully saturated rings. The summed E-state index contributed by atoms with van der Waals surface area (Å²) in [5.74, 6) is 0.808. The molecule has 3 rings (SSSR count). The van der Waals surface area contributed by atoms with E-state index in [1.807, 2.05) is 18.2 Å². The predicted molar refractivity (Wildman–Crippen MR) is 97.4 cm³/mol. The number of hydrazine groups is 1. The van der Waals surface area contributed by atoms with Gasteiger partial charge in [0.05, 0.1) is 11.2 Å². The van der Waals surface area contributed by atoms with Crippen molar-refractivity contribution in [3.63, 3.8) is 0 Å². The highest BCUT2D eigenvalue weighted by molar-refractivity contribution is 6.01. The summed E-state index contributed by atoms with van der Waals surface area (Å²) in [6.07, 6.45) is 0.845. The molecule has 1 aliphatic heterocycles. The number of fused-ring (bicyclic) bond motifs is 1. The summed E-state index contributed by atoms with van der Waals surface area (Å²) in [6, 6.07) is 9.38. The van der Waals surface area contributed by atoms with Crippen molar-refractivity contribution >= 4 is 11.5 Å². The molecule has 1 aromatic carbocycles. The van der Waals surface area contributed by atoms with Crippen LogP contribution in [0.1, 0.15) is 36.3 Å². The highest BCUT2D eigenvalue weighted by atomic mass is 16.4.